The number of hydrogen-bond acceptors (Lipinski definition) is 4. The van der Waals surface area contributed by atoms with Crippen LogP contribution in [-0.4, -0.2) is 54.4 Å². The largest absolute Gasteiger partial charge is 0.444 e. The first-order chi connectivity index (χ1) is 13.4. The predicted molar refractivity (Wildman–Crippen MR) is 100 cm³/mol. The molecule has 1 aromatic carbocycles. The minimum absolute atomic E-state index is 0.0593. The molecule has 1 N–H and O–H groups in total. The van der Waals surface area contributed by atoms with Crippen LogP contribution in [0.4, 0.5) is 18.0 Å². The molecule has 0 aliphatic carbocycles. The second-order valence-electron chi connectivity index (χ2n) is 8.02. The first kappa shape index (κ1) is 23.0. The highest BCUT2D eigenvalue weighted by molar-refractivity contribution is 5.94. The number of carbonyl (C=O) groups excluding carboxylic acids is 2. The standard InChI is InChI=1S/C20H27F3N2O4/c1-19(2,3)29-18(27)25-10-8-16(9-11-25)24-17(26)15-6-4-14(5-7-15)12-28-13-20(21,22)23/h4-7,16H,8-13H2,1-3H3,(H,24,26). The van der Waals surface area contributed by atoms with Crippen LogP contribution in [0.5, 0.6) is 0 Å². The van der Waals surface area contributed by atoms with E-state index in [1.54, 1.807) is 29.2 Å². The first-order valence-corrected chi connectivity index (χ1v) is 9.45. The molecule has 6 nitrogen and oxygen atoms in total. The molecule has 0 bridgehead atoms. The predicted octanol–water partition coefficient (Wildman–Crippen LogP) is 3.89. The summed E-state index contributed by atoms with van der Waals surface area (Å²) in [4.78, 5) is 26.1. The number of carbonyl (C=O) groups is 2. The van der Waals surface area contributed by atoms with Crippen LogP contribution in [0.3, 0.4) is 0 Å². The minimum atomic E-state index is -4.36. The Labute approximate surface area is 168 Å². The maximum absolute atomic E-state index is 12.4. The smallest absolute Gasteiger partial charge is 0.411 e. The molecular formula is C20H27F3N2O4. The van der Waals surface area contributed by atoms with Crippen LogP contribution in [0.15, 0.2) is 24.3 Å². The maximum atomic E-state index is 12.4. The van der Waals surface area contributed by atoms with Gasteiger partial charge in [0.1, 0.15) is 12.2 Å². The Morgan fingerprint density at radius 3 is 2.21 bits per heavy atom. The van der Waals surface area contributed by atoms with Gasteiger partial charge in [0.2, 0.25) is 0 Å². The van der Waals surface area contributed by atoms with E-state index < -0.39 is 18.4 Å². The third-order valence-corrected chi connectivity index (χ3v) is 4.23. The number of ether oxygens (including phenoxy) is 2. The number of amides is 2. The first-order valence-electron chi connectivity index (χ1n) is 9.45. The third kappa shape index (κ3) is 8.31. The second-order valence-corrected chi connectivity index (χ2v) is 8.02. The molecule has 1 heterocycles. The van der Waals surface area contributed by atoms with Crippen molar-refractivity contribution in [1.82, 2.24) is 10.2 Å². The summed E-state index contributed by atoms with van der Waals surface area (Å²) in [6.45, 7) is 4.94. The third-order valence-electron chi connectivity index (χ3n) is 4.23. The van der Waals surface area contributed by atoms with Gasteiger partial charge in [0.25, 0.3) is 5.91 Å². The summed E-state index contributed by atoms with van der Waals surface area (Å²) >= 11 is 0. The summed E-state index contributed by atoms with van der Waals surface area (Å²) in [5.74, 6) is -0.261. The molecule has 1 fully saturated rings. The van der Waals surface area contributed by atoms with E-state index >= 15 is 0 Å². The van der Waals surface area contributed by atoms with Crippen LogP contribution in [0, 0.1) is 0 Å². The summed E-state index contributed by atoms with van der Waals surface area (Å²) in [7, 11) is 0. The molecule has 1 aliphatic heterocycles. The lowest BCUT2D eigenvalue weighted by Gasteiger charge is -2.33. The fraction of sp³-hybridized carbons (Fsp3) is 0.600. The van der Waals surface area contributed by atoms with Crippen molar-refractivity contribution in [2.75, 3.05) is 19.7 Å². The van der Waals surface area contributed by atoms with Gasteiger partial charge in [-0.2, -0.15) is 13.2 Å². The molecule has 2 rings (SSSR count). The summed E-state index contributed by atoms with van der Waals surface area (Å²) in [6, 6.07) is 6.18. The minimum Gasteiger partial charge on any atom is -0.444 e. The molecule has 1 saturated heterocycles. The zero-order valence-electron chi connectivity index (χ0n) is 16.8. The molecule has 9 heteroatoms. The molecule has 0 atom stereocenters. The van der Waals surface area contributed by atoms with E-state index in [9.17, 15) is 22.8 Å². The van der Waals surface area contributed by atoms with Gasteiger partial charge in [0, 0.05) is 24.7 Å². The van der Waals surface area contributed by atoms with Crippen LogP contribution in [0.1, 0.15) is 49.5 Å². The number of halogens is 3. The number of nitrogens with one attached hydrogen (secondary N) is 1. The van der Waals surface area contributed by atoms with Gasteiger partial charge >= 0.3 is 12.3 Å². The molecule has 1 aliphatic rings. The van der Waals surface area contributed by atoms with Crippen LogP contribution in [0.25, 0.3) is 0 Å². The van der Waals surface area contributed by atoms with E-state index in [1.165, 1.54) is 0 Å². The molecule has 0 saturated carbocycles. The van der Waals surface area contributed by atoms with E-state index in [0.717, 1.165) is 0 Å². The topological polar surface area (TPSA) is 67.9 Å². The summed E-state index contributed by atoms with van der Waals surface area (Å²) in [5, 5.41) is 2.93. The van der Waals surface area contributed by atoms with Crippen molar-refractivity contribution in [1.29, 1.82) is 0 Å². The monoisotopic (exact) mass is 416 g/mol. The van der Waals surface area contributed by atoms with Gasteiger partial charge in [-0.1, -0.05) is 12.1 Å². The van der Waals surface area contributed by atoms with Gasteiger partial charge in [0.15, 0.2) is 0 Å². The fourth-order valence-electron chi connectivity index (χ4n) is 2.84. The normalized spacial score (nSPS) is 15.9. The average Bonchev–Trinajstić information content (AvgIpc) is 2.60. The lowest BCUT2D eigenvalue weighted by atomic mass is 10.0. The highest BCUT2D eigenvalue weighted by Crippen LogP contribution is 2.17. The van der Waals surface area contributed by atoms with Crippen molar-refractivity contribution in [2.24, 2.45) is 0 Å². The van der Waals surface area contributed by atoms with Crippen molar-refractivity contribution in [3.63, 3.8) is 0 Å². The highest BCUT2D eigenvalue weighted by atomic mass is 19.4. The number of nitrogens with zero attached hydrogens (tertiary/aromatic N) is 1. The van der Waals surface area contributed by atoms with Crippen LogP contribution < -0.4 is 5.32 Å². The van der Waals surface area contributed by atoms with Gasteiger partial charge in [-0.25, -0.2) is 4.79 Å². The Bertz CT molecular complexity index is 691. The van der Waals surface area contributed by atoms with E-state index in [-0.39, 0.29) is 24.6 Å². The highest BCUT2D eigenvalue weighted by Gasteiger charge is 2.28. The van der Waals surface area contributed by atoms with Gasteiger partial charge in [0.05, 0.1) is 6.61 Å². The number of likely N-dealkylation sites (tertiary alicyclic amines) is 1. The van der Waals surface area contributed by atoms with Crippen molar-refractivity contribution in [2.45, 2.75) is 58.0 Å². The lowest BCUT2D eigenvalue weighted by molar-refractivity contribution is -0.176. The molecule has 0 aromatic heterocycles. The Morgan fingerprint density at radius 2 is 1.69 bits per heavy atom. The number of alkyl halides is 3. The van der Waals surface area contributed by atoms with Gasteiger partial charge in [-0.05, 0) is 51.3 Å². The van der Waals surface area contributed by atoms with Crippen molar-refractivity contribution in [3.8, 4) is 0 Å². The summed E-state index contributed by atoms with van der Waals surface area (Å²) in [6.07, 6.45) is -3.48. The van der Waals surface area contributed by atoms with Crippen molar-refractivity contribution < 1.29 is 32.2 Å². The Morgan fingerprint density at radius 1 is 1.10 bits per heavy atom. The van der Waals surface area contributed by atoms with E-state index in [0.29, 0.717) is 37.1 Å². The number of rotatable bonds is 5. The fourth-order valence-corrected chi connectivity index (χ4v) is 2.84. The average molecular weight is 416 g/mol. The Balaban J connectivity index is 1.77. The van der Waals surface area contributed by atoms with Crippen molar-refractivity contribution >= 4 is 12.0 Å². The SMILES string of the molecule is CC(C)(C)OC(=O)N1CCC(NC(=O)c2ccc(COCC(F)(F)F)cc2)CC1. The quantitative estimate of drug-likeness (QED) is 0.791. The van der Waals surface area contributed by atoms with Gasteiger partial charge in [-0.15, -0.1) is 0 Å². The second kappa shape index (κ2) is 9.47. The number of piperidine rings is 1. The van der Waals surface area contributed by atoms with E-state index in [2.05, 4.69) is 10.1 Å². The molecule has 1 aromatic rings. The number of benzene rings is 1. The molecule has 162 valence electrons. The lowest BCUT2D eigenvalue weighted by Crippen LogP contribution is -2.47. The van der Waals surface area contributed by atoms with Crippen molar-refractivity contribution in [3.05, 3.63) is 35.4 Å². The maximum Gasteiger partial charge on any atom is 0.411 e. The van der Waals surface area contributed by atoms with Crippen LogP contribution >= 0.6 is 0 Å². The summed E-state index contributed by atoms with van der Waals surface area (Å²) in [5.41, 5.74) is 0.419. The Kier molecular flexibility index (Phi) is 7.51. The molecule has 0 spiro atoms. The van der Waals surface area contributed by atoms with E-state index in [1.807, 2.05) is 20.8 Å². The Hall–Kier alpha value is -2.29. The molecule has 0 radical (unpaired) electrons. The zero-order chi connectivity index (χ0) is 21.7. The zero-order valence-corrected chi connectivity index (χ0v) is 16.8. The van der Waals surface area contributed by atoms with Crippen LogP contribution in [0.2, 0.25) is 0 Å². The van der Waals surface area contributed by atoms with Gasteiger partial charge < -0.3 is 19.7 Å². The van der Waals surface area contributed by atoms with Crippen LogP contribution in [-0.2, 0) is 16.1 Å². The number of hydrogen-bond donors (Lipinski definition) is 1. The molecular weight excluding hydrogens is 389 g/mol. The summed E-state index contributed by atoms with van der Waals surface area (Å²) < 4.78 is 46.2. The molecule has 2 amide bonds. The molecule has 29 heavy (non-hydrogen) atoms. The molecule has 0 unspecified atom stereocenters. The van der Waals surface area contributed by atoms with E-state index in [4.69, 9.17) is 4.74 Å². The van der Waals surface area contributed by atoms with Gasteiger partial charge in [-0.3, -0.25) is 4.79 Å².